The van der Waals surface area contributed by atoms with Crippen LogP contribution in [-0.4, -0.2) is 38.7 Å². The van der Waals surface area contributed by atoms with E-state index in [2.05, 4.69) is 10.1 Å². The van der Waals surface area contributed by atoms with Crippen molar-refractivity contribution < 1.29 is 18.8 Å². The van der Waals surface area contributed by atoms with Crippen molar-refractivity contribution in [2.24, 2.45) is 0 Å². The maximum atomic E-state index is 12.8. The summed E-state index contributed by atoms with van der Waals surface area (Å²) in [6.07, 6.45) is -0.302. The maximum absolute atomic E-state index is 12.8. The first-order valence-electron chi connectivity index (χ1n) is 7.49. The Balaban J connectivity index is 1.68. The number of benzene rings is 1. The number of amides is 1. The Morgan fingerprint density at radius 3 is 3.00 bits per heavy atom. The van der Waals surface area contributed by atoms with Gasteiger partial charge in [0.05, 0.1) is 6.10 Å². The van der Waals surface area contributed by atoms with Gasteiger partial charge in [-0.25, -0.2) is 0 Å². The third kappa shape index (κ3) is 2.55. The van der Waals surface area contributed by atoms with Crippen LogP contribution in [0.2, 0.25) is 5.02 Å². The Bertz CT molecular complexity index is 919. The number of likely N-dealkylation sites (tertiary alicyclic amines) is 1. The summed E-state index contributed by atoms with van der Waals surface area (Å²) in [6.45, 7) is 1.89. The van der Waals surface area contributed by atoms with E-state index in [1.54, 1.807) is 31.2 Å². The minimum absolute atomic E-state index is 0.183. The van der Waals surface area contributed by atoms with E-state index < -0.39 is 12.1 Å². The van der Waals surface area contributed by atoms with Crippen molar-refractivity contribution in [1.82, 2.24) is 15.0 Å². The van der Waals surface area contributed by atoms with Crippen LogP contribution >= 0.6 is 11.6 Å². The number of aliphatic hydroxyl groups is 1. The van der Waals surface area contributed by atoms with Crippen molar-refractivity contribution in [1.29, 1.82) is 0 Å². The summed E-state index contributed by atoms with van der Waals surface area (Å²) in [4.78, 5) is 18.5. The fourth-order valence-electron chi connectivity index (χ4n) is 2.98. The Morgan fingerprint density at radius 1 is 1.42 bits per heavy atom. The lowest BCUT2D eigenvalue weighted by molar-refractivity contribution is 0.0664. The van der Waals surface area contributed by atoms with Crippen LogP contribution < -0.4 is 0 Å². The monoisotopic (exact) mass is 347 g/mol. The normalized spacial score (nSPS) is 20.9. The fourth-order valence-corrected chi connectivity index (χ4v) is 3.16. The lowest BCUT2D eigenvalue weighted by atomic mass is 10.2. The van der Waals surface area contributed by atoms with Gasteiger partial charge in [0.1, 0.15) is 11.6 Å². The first kappa shape index (κ1) is 15.2. The summed E-state index contributed by atoms with van der Waals surface area (Å²) in [5.74, 6) is 0.649. The zero-order valence-electron chi connectivity index (χ0n) is 12.8. The smallest absolute Gasteiger partial charge is 0.290 e. The second kappa shape index (κ2) is 5.61. The van der Waals surface area contributed by atoms with E-state index in [1.807, 2.05) is 0 Å². The first-order chi connectivity index (χ1) is 11.5. The second-order valence-electron chi connectivity index (χ2n) is 5.84. The molecule has 7 nitrogen and oxygen atoms in total. The van der Waals surface area contributed by atoms with Crippen molar-refractivity contribution >= 4 is 28.5 Å². The third-order valence-corrected chi connectivity index (χ3v) is 4.29. The molecule has 24 heavy (non-hydrogen) atoms. The van der Waals surface area contributed by atoms with Crippen molar-refractivity contribution in [2.45, 2.75) is 25.5 Å². The van der Waals surface area contributed by atoms with E-state index in [0.29, 0.717) is 28.7 Å². The van der Waals surface area contributed by atoms with Crippen LogP contribution in [0.5, 0.6) is 0 Å². The van der Waals surface area contributed by atoms with Crippen LogP contribution in [0.1, 0.15) is 34.7 Å². The number of fused-ring (bicyclic) bond motifs is 1. The molecule has 124 valence electrons. The number of furan rings is 1. The molecule has 1 amide bonds. The highest BCUT2D eigenvalue weighted by Crippen LogP contribution is 2.33. The number of nitrogens with zero attached hydrogens (tertiary/aromatic N) is 3. The lowest BCUT2D eigenvalue weighted by Crippen LogP contribution is -2.31. The summed E-state index contributed by atoms with van der Waals surface area (Å²) < 4.78 is 10.8. The highest BCUT2D eigenvalue weighted by molar-refractivity contribution is 6.31. The number of carbonyl (C=O) groups is 1. The summed E-state index contributed by atoms with van der Waals surface area (Å²) in [6, 6.07) is 6.32. The van der Waals surface area contributed by atoms with Gasteiger partial charge in [0.15, 0.2) is 11.6 Å². The van der Waals surface area contributed by atoms with Crippen molar-refractivity contribution in [3.05, 3.63) is 46.8 Å². The topological polar surface area (TPSA) is 92.6 Å². The minimum atomic E-state index is -0.648. The van der Waals surface area contributed by atoms with Crippen LogP contribution in [0.15, 0.2) is 33.2 Å². The van der Waals surface area contributed by atoms with E-state index in [0.717, 1.165) is 5.39 Å². The molecule has 0 radical (unpaired) electrons. The van der Waals surface area contributed by atoms with E-state index in [9.17, 15) is 9.90 Å². The molecule has 2 aromatic heterocycles. The highest BCUT2D eigenvalue weighted by Gasteiger charge is 2.40. The van der Waals surface area contributed by atoms with E-state index in [1.165, 1.54) is 4.90 Å². The Morgan fingerprint density at radius 2 is 2.25 bits per heavy atom. The first-order valence-corrected chi connectivity index (χ1v) is 7.87. The second-order valence-corrected chi connectivity index (χ2v) is 6.27. The molecule has 3 heterocycles. The van der Waals surface area contributed by atoms with Crippen LogP contribution in [0.3, 0.4) is 0 Å². The molecular weight excluding hydrogens is 334 g/mol. The molecule has 1 aliphatic heterocycles. The summed E-state index contributed by atoms with van der Waals surface area (Å²) in [5.41, 5.74) is 0.577. The van der Waals surface area contributed by atoms with E-state index >= 15 is 0 Å². The third-order valence-electron chi connectivity index (χ3n) is 4.06. The Labute approximate surface area is 141 Å². The number of aromatic nitrogens is 2. The molecule has 1 N–H and O–H groups in total. The minimum Gasteiger partial charge on any atom is -0.451 e. The van der Waals surface area contributed by atoms with Crippen LogP contribution in [0, 0.1) is 6.92 Å². The van der Waals surface area contributed by atoms with Crippen molar-refractivity contribution in [2.75, 3.05) is 6.54 Å². The van der Waals surface area contributed by atoms with Gasteiger partial charge in [-0.2, -0.15) is 4.98 Å². The predicted octanol–water partition coefficient (Wildman–Crippen LogP) is 2.73. The van der Waals surface area contributed by atoms with Gasteiger partial charge in [-0.3, -0.25) is 4.79 Å². The number of rotatable bonds is 2. The summed E-state index contributed by atoms with van der Waals surface area (Å²) in [5, 5.41) is 15.0. The number of aryl methyl sites for hydroxylation is 1. The van der Waals surface area contributed by atoms with Gasteiger partial charge in [-0.1, -0.05) is 16.8 Å². The summed E-state index contributed by atoms with van der Waals surface area (Å²) >= 11 is 5.96. The standard InChI is InChI=1S/C16H14ClN3O4/c1-8-18-15(24-19-8)12-6-11(21)7-20(12)16(22)14-5-9-4-10(17)2-3-13(9)23-14/h2-5,11-12,21H,6-7H2,1H3/t11-,12-/m1/s1. The molecule has 0 bridgehead atoms. The number of β-amino-alcohol motifs (C(OH)–C–C–N with tert-alkyl or cyclic N) is 1. The lowest BCUT2D eigenvalue weighted by Gasteiger charge is -2.20. The average Bonchev–Trinajstić information content (AvgIpc) is 3.23. The van der Waals surface area contributed by atoms with Crippen LogP contribution in [0.25, 0.3) is 11.0 Å². The molecule has 1 aromatic carbocycles. The Hall–Kier alpha value is -2.38. The molecule has 0 saturated carbocycles. The van der Waals surface area contributed by atoms with Gasteiger partial charge in [0, 0.05) is 23.4 Å². The number of carbonyl (C=O) groups excluding carboxylic acids is 1. The molecule has 3 aromatic rings. The molecule has 0 unspecified atom stereocenters. The van der Waals surface area contributed by atoms with Gasteiger partial charge in [-0.15, -0.1) is 0 Å². The fraction of sp³-hybridized carbons (Fsp3) is 0.312. The van der Waals surface area contributed by atoms with Gasteiger partial charge in [0.25, 0.3) is 5.91 Å². The van der Waals surface area contributed by atoms with Crippen molar-refractivity contribution in [3.8, 4) is 0 Å². The van der Waals surface area contributed by atoms with Crippen molar-refractivity contribution in [3.63, 3.8) is 0 Å². The summed E-state index contributed by atoms with van der Waals surface area (Å²) in [7, 11) is 0. The zero-order valence-corrected chi connectivity index (χ0v) is 13.5. The average molecular weight is 348 g/mol. The molecule has 1 aliphatic rings. The van der Waals surface area contributed by atoms with E-state index in [-0.39, 0.29) is 18.2 Å². The molecule has 0 spiro atoms. The molecule has 1 fully saturated rings. The molecule has 4 rings (SSSR count). The molecule has 2 atom stereocenters. The van der Waals surface area contributed by atoms with Gasteiger partial charge < -0.3 is 18.9 Å². The maximum Gasteiger partial charge on any atom is 0.290 e. The number of hydrogen-bond acceptors (Lipinski definition) is 6. The SMILES string of the molecule is Cc1noc([C@H]2C[C@@H](O)CN2C(=O)c2cc3cc(Cl)ccc3o2)n1. The van der Waals surface area contributed by atoms with E-state index in [4.69, 9.17) is 20.5 Å². The van der Waals surface area contributed by atoms with Gasteiger partial charge in [0.2, 0.25) is 5.89 Å². The highest BCUT2D eigenvalue weighted by atomic mass is 35.5. The van der Waals surface area contributed by atoms with Crippen LogP contribution in [-0.2, 0) is 0 Å². The van der Waals surface area contributed by atoms with Gasteiger partial charge >= 0.3 is 0 Å². The zero-order chi connectivity index (χ0) is 16.8. The predicted molar refractivity (Wildman–Crippen MR) is 84.7 cm³/mol. The van der Waals surface area contributed by atoms with Gasteiger partial charge in [-0.05, 0) is 31.2 Å². The number of halogens is 1. The molecule has 8 heteroatoms. The Kier molecular flexibility index (Phi) is 3.54. The molecule has 0 aliphatic carbocycles. The quantitative estimate of drug-likeness (QED) is 0.766. The number of hydrogen-bond donors (Lipinski definition) is 1. The molecular formula is C16H14ClN3O4. The number of aliphatic hydroxyl groups excluding tert-OH is 1. The van der Waals surface area contributed by atoms with Crippen LogP contribution in [0.4, 0.5) is 0 Å². The largest absolute Gasteiger partial charge is 0.451 e. The molecule has 1 saturated heterocycles.